The van der Waals surface area contributed by atoms with Crippen LogP contribution in [0.15, 0.2) is 41.3 Å². The van der Waals surface area contributed by atoms with Crippen molar-refractivity contribution in [1.82, 2.24) is 5.32 Å². The molecule has 0 saturated heterocycles. The average molecular weight is 432 g/mol. The Bertz CT molecular complexity index is 964. The molecule has 1 heterocycles. The number of nitro benzene ring substituents is 1. The number of benzene rings is 2. The number of carbonyl (C=O) groups excluding carboxylic acids is 2. The minimum Gasteiger partial charge on any atom is -0.486 e. The first-order chi connectivity index (χ1) is 14.5. The molecule has 0 radical (unpaired) electrons. The topological polar surface area (TPSA) is 117 Å². The van der Waals surface area contributed by atoms with Gasteiger partial charge in [-0.1, -0.05) is 6.07 Å². The molecule has 1 N–H and O–H groups in total. The Labute approximate surface area is 176 Å². The summed E-state index contributed by atoms with van der Waals surface area (Å²) in [5, 5.41) is 13.8. The smallest absolute Gasteiger partial charge is 0.338 e. The zero-order valence-corrected chi connectivity index (χ0v) is 17.0. The number of nitrogens with one attached hydrogen (secondary N) is 1. The van der Waals surface area contributed by atoms with Crippen molar-refractivity contribution >= 4 is 29.3 Å². The summed E-state index contributed by atoms with van der Waals surface area (Å²) in [6.45, 7) is 0.903. The van der Waals surface area contributed by atoms with E-state index in [0.29, 0.717) is 42.6 Å². The minimum absolute atomic E-state index is 0.0172. The number of hydrogen-bond acceptors (Lipinski definition) is 8. The molecule has 0 aromatic heterocycles. The second kappa shape index (κ2) is 9.97. The fourth-order valence-corrected chi connectivity index (χ4v) is 3.36. The molecule has 0 fully saturated rings. The molecule has 10 heteroatoms. The summed E-state index contributed by atoms with van der Waals surface area (Å²) in [6, 6.07) is 9.65. The number of fused-ring (bicyclic) bond motifs is 1. The Morgan fingerprint density at radius 1 is 1.17 bits per heavy atom. The van der Waals surface area contributed by atoms with Crippen LogP contribution < -0.4 is 14.8 Å². The van der Waals surface area contributed by atoms with E-state index in [4.69, 9.17) is 14.2 Å². The van der Waals surface area contributed by atoms with Crippen molar-refractivity contribution in [3.05, 3.63) is 57.6 Å². The average Bonchev–Trinajstić information content (AvgIpc) is 2.76. The Hall–Kier alpha value is -3.27. The fourth-order valence-electron chi connectivity index (χ4n) is 2.81. The van der Waals surface area contributed by atoms with Gasteiger partial charge in [0.15, 0.2) is 18.1 Å². The summed E-state index contributed by atoms with van der Waals surface area (Å²) in [5.74, 6) is 0.121. The van der Waals surface area contributed by atoms with Gasteiger partial charge in [-0.3, -0.25) is 14.9 Å². The molecule has 158 valence electrons. The molecule has 30 heavy (non-hydrogen) atoms. The van der Waals surface area contributed by atoms with Gasteiger partial charge in [0.05, 0.1) is 15.4 Å². The van der Waals surface area contributed by atoms with Crippen molar-refractivity contribution in [3.8, 4) is 11.5 Å². The van der Waals surface area contributed by atoms with Crippen molar-refractivity contribution in [2.24, 2.45) is 0 Å². The Morgan fingerprint density at radius 3 is 2.67 bits per heavy atom. The van der Waals surface area contributed by atoms with Crippen LogP contribution in [0.25, 0.3) is 0 Å². The standard InChI is InChI=1S/C20H20N2O7S/c1-30-18-5-3-14(11-15(18)22(25)26)20(24)29-12-19(23)21-7-6-13-2-4-16-17(10-13)28-9-8-27-16/h2-5,10-11H,6-9,12H2,1H3,(H,21,23). The number of thioether (sulfide) groups is 1. The molecule has 0 bridgehead atoms. The Morgan fingerprint density at radius 2 is 1.93 bits per heavy atom. The number of esters is 1. The van der Waals surface area contributed by atoms with Gasteiger partial charge >= 0.3 is 5.97 Å². The molecule has 0 aliphatic carbocycles. The highest BCUT2D eigenvalue weighted by Gasteiger charge is 2.18. The molecule has 0 unspecified atom stereocenters. The zero-order valence-electron chi connectivity index (χ0n) is 16.2. The summed E-state index contributed by atoms with van der Waals surface area (Å²) in [5.41, 5.74) is 0.808. The number of nitrogens with zero attached hydrogens (tertiary/aromatic N) is 1. The third kappa shape index (κ3) is 5.41. The van der Waals surface area contributed by atoms with Crippen LogP contribution in [0.1, 0.15) is 15.9 Å². The summed E-state index contributed by atoms with van der Waals surface area (Å²) in [6.07, 6.45) is 2.27. The number of hydrogen-bond donors (Lipinski definition) is 1. The van der Waals surface area contributed by atoms with E-state index in [1.807, 2.05) is 18.2 Å². The van der Waals surface area contributed by atoms with Gasteiger partial charge in [-0.05, 0) is 42.5 Å². The van der Waals surface area contributed by atoms with Gasteiger partial charge in [0, 0.05) is 12.6 Å². The van der Waals surface area contributed by atoms with Gasteiger partial charge in [0.25, 0.3) is 11.6 Å². The van der Waals surface area contributed by atoms with Crippen LogP contribution in [0.2, 0.25) is 0 Å². The maximum absolute atomic E-state index is 12.1. The van der Waals surface area contributed by atoms with Crippen LogP contribution in [0.4, 0.5) is 5.69 Å². The van der Waals surface area contributed by atoms with E-state index in [0.717, 1.165) is 11.6 Å². The van der Waals surface area contributed by atoms with E-state index >= 15 is 0 Å². The SMILES string of the molecule is CSc1ccc(C(=O)OCC(=O)NCCc2ccc3c(c2)OCCO3)cc1[N+](=O)[O-]. The molecule has 0 saturated carbocycles. The van der Waals surface area contributed by atoms with Crippen LogP contribution in [-0.4, -0.2) is 49.4 Å². The molecule has 0 atom stereocenters. The summed E-state index contributed by atoms with van der Waals surface area (Å²) in [7, 11) is 0. The van der Waals surface area contributed by atoms with Crippen LogP contribution in [0.3, 0.4) is 0 Å². The lowest BCUT2D eigenvalue weighted by atomic mass is 10.1. The maximum Gasteiger partial charge on any atom is 0.338 e. The summed E-state index contributed by atoms with van der Waals surface area (Å²) < 4.78 is 15.9. The van der Waals surface area contributed by atoms with E-state index in [2.05, 4.69) is 5.32 Å². The highest BCUT2D eigenvalue weighted by atomic mass is 32.2. The van der Waals surface area contributed by atoms with E-state index in [-0.39, 0.29) is 11.3 Å². The van der Waals surface area contributed by atoms with E-state index in [9.17, 15) is 19.7 Å². The van der Waals surface area contributed by atoms with Gasteiger partial charge in [-0.25, -0.2) is 4.79 Å². The molecule has 1 amide bonds. The quantitative estimate of drug-likeness (QED) is 0.293. The molecule has 2 aromatic carbocycles. The van der Waals surface area contributed by atoms with E-state index in [1.165, 1.54) is 23.9 Å². The predicted molar refractivity (Wildman–Crippen MR) is 109 cm³/mol. The number of rotatable bonds is 8. The highest BCUT2D eigenvalue weighted by Crippen LogP contribution is 2.31. The van der Waals surface area contributed by atoms with Gasteiger partial charge in [-0.15, -0.1) is 11.8 Å². The number of nitro groups is 1. The first-order valence-corrected chi connectivity index (χ1v) is 10.3. The zero-order chi connectivity index (χ0) is 21.5. The lowest BCUT2D eigenvalue weighted by Crippen LogP contribution is -2.30. The van der Waals surface area contributed by atoms with E-state index in [1.54, 1.807) is 6.26 Å². The van der Waals surface area contributed by atoms with Gasteiger partial charge in [0.2, 0.25) is 0 Å². The lowest BCUT2D eigenvalue weighted by Gasteiger charge is -2.18. The molecular formula is C20H20N2O7S. The highest BCUT2D eigenvalue weighted by molar-refractivity contribution is 7.98. The third-order valence-corrected chi connectivity index (χ3v) is 5.07. The number of ether oxygens (including phenoxy) is 3. The second-order valence-electron chi connectivity index (χ2n) is 6.30. The third-order valence-electron chi connectivity index (χ3n) is 4.29. The van der Waals surface area contributed by atoms with Crippen molar-refractivity contribution in [3.63, 3.8) is 0 Å². The fraction of sp³-hybridized carbons (Fsp3) is 0.300. The van der Waals surface area contributed by atoms with Crippen LogP contribution in [-0.2, 0) is 16.0 Å². The first-order valence-electron chi connectivity index (χ1n) is 9.12. The lowest BCUT2D eigenvalue weighted by molar-refractivity contribution is -0.387. The molecule has 1 aliphatic rings. The first kappa shape index (κ1) is 21.4. The van der Waals surface area contributed by atoms with E-state index < -0.39 is 23.4 Å². The number of amides is 1. The van der Waals surface area contributed by atoms with Crippen molar-refractivity contribution in [2.45, 2.75) is 11.3 Å². The van der Waals surface area contributed by atoms with Crippen LogP contribution in [0.5, 0.6) is 11.5 Å². The van der Waals surface area contributed by atoms with Crippen molar-refractivity contribution < 1.29 is 28.7 Å². The van der Waals surface area contributed by atoms with Crippen LogP contribution in [0, 0.1) is 10.1 Å². The molecule has 1 aliphatic heterocycles. The normalized spacial score (nSPS) is 12.2. The predicted octanol–water partition coefficient (Wildman–Crippen LogP) is 2.60. The minimum atomic E-state index is -0.798. The van der Waals surface area contributed by atoms with Crippen molar-refractivity contribution in [2.75, 3.05) is 32.6 Å². The monoisotopic (exact) mass is 432 g/mol. The maximum atomic E-state index is 12.1. The van der Waals surface area contributed by atoms with Gasteiger partial charge in [-0.2, -0.15) is 0 Å². The molecule has 3 rings (SSSR count). The molecule has 9 nitrogen and oxygen atoms in total. The summed E-state index contributed by atoms with van der Waals surface area (Å²) >= 11 is 1.20. The molecule has 2 aromatic rings. The summed E-state index contributed by atoms with van der Waals surface area (Å²) in [4.78, 5) is 35.0. The largest absolute Gasteiger partial charge is 0.486 e. The molecule has 0 spiro atoms. The number of carbonyl (C=O) groups is 2. The second-order valence-corrected chi connectivity index (χ2v) is 7.15. The van der Waals surface area contributed by atoms with Crippen LogP contribution >= 0.6 is 11.8 Å². The van der Waals surface area contributed by atoms with Gasteiger partial charge in [0.1, 0.15) is 13.2 Å². The van der Waals surface area contributed by atoms with Gasteiger partial charge < -0.3 is 19.5 Å². The van der Waals surface area contributed by atoms with Crippen molar-refractivity contribution in [1.29, 1.82) is 0 Å². The molecular weight excluding hydrogens is 412 g/mol. The Kier molecular flexibility index (Phi) is 7.12. The Balaban J connectivity index is 1.46.